The lowest BCUT2D eigenvalue weighted by Crippen LogP contribution is -2.01. The molecule has 0 spiro atoms. The Hall–Kier alpha value is -1.46. The molecule has 1 aromatic carbocycles. The fourth-order valence-corrected chi connectivity index (χ4v) is 1.84. The van der Waals surface area contributed by atoms with Crippen molar-refractivity contribution < 1.29 is 13.0 Å². The van der Waals surface area contributed by atoms with Crippen molar-refractivity contribution in [1.82, 2.24) is 0 Å². The van der Waals surface area contributed by atoms with Crippen molar-refractivity contribution in [3.8, 4) is 0 Å². The van der Waals surface area contributed by atoms with Crippen LogP contribution in [0.2, 0.25) is 0 Å². The molecule has 7 heteroatoms. The van der Waals surface area contributed by atoms with Gasteiger partial charge in [0.15, 0.2) is 11.6 Å². The van der Waals surface area contributed by atoms with E-state index >= 15 is 0 Å². The second-order valence-corrected chi connectivity index (χ2v) is 4.15. The van der Waals surface area contributed by atoms with Crippen LogP contribution in [-0.4, -0.2) is 16.5 Å². The summed E-state index contributed by atoms with van der Waals surface area (Å²) in [5.74, 6) is -1.93. The summed E-state index contributed by atoms with van der Waals surface area (Å²) in [5.41, 5.74) is 7.98. The average Bonchev–Trinajstić information content (AvgIpc) is 2.22. The van der Waals surface area contributed by atoms with Gasteiger partial charge in [-0.1, -0.05) is 5.11 Å². The van der Waals surface area contributed by atoms with Gasteiger partial charge in [0.2, 0.25) is 0 Å². The second-order valence-electron chi connectivity index (χ2n) is 2.58. The lowest BCUT2D eigenvalue weighted by Gasteiger charge is -2.00. The van der Waals surface area contributed by atoms with Gasteiger partial charge in [-0.15, -0.1) is 0 Å². The minimum Gasteiger partial charge on any atom is -0.254 e. The third-order valence-corrected chi connectivity index (χ3v) is 2.93. The predicted molar refractivity (Wildman–Crippen MR) is 51.6 cm³/mol. The van der Waals surface area contributed by atoms with E-state index < -0.39 is 22.4 Å². The lowest BCUT2D eigenvalue weighted by atomic mass is 10.3. The van der Waals surface area contributed by atoms with E-state index in [-0.39, 0.29) is 17.2 Å². The van der Waals surface area contributed by atoms with E-state index in [1.165, 1.54) is 6.07 Å². The van der Waals surface area contributed by atoms with Crippen LogP contribution in [0.4, 0.5) is 8.78 Å². The molecule has 0 saturated carbocycles. The van der Waals surface area contributed by atoms with Crippen molar-refractivity contribution in [2.75, 3.05) is 12.3 Å². The van der Waals surface area contributed by atoms with Crippen LogP contribution < -0.4 is 0 Å². The van der Waals surface area contributed by atoms with Crippen molar-refractivity contribution >= 4 is 10.8 Å². The molecule has 0 heterocycles. The van der Waals surface area contributed by atoms with Crippen LogP contribution in [0.3, 0.4) is 0 Å². The standard InChI is InChI=1S/C8H7F2N3OS/c9-7-2-1-6(5-8(7)10)15(14)4-3-12-13-11/h1-2,5H,3-4H2. The zero-order valence-corrected chi connectivity index (χ0v) is 8.38. The largest absolute Gasteiger partial charge is 0.254 e. The topological polar surface area (TPSA) is 65.8 Å². The number of nitrogens with zero attached hydrogens (tertiary/aromatic N) is 3. The van der Waals surface area contributed by atoms with Crippen molar-refractivity contribution in [2.45, 2.75) is 4.90 Å². The summed E-state index contributed by atoms with van der Waals surface area (Å²) in [6.07, 6.45) is 0. The number of benzene rings is 1. The Kier molecular flexibility index (Phi) is 4.20. The molecule has 1 atom stereocenters. The first-order chi connectivity index (χ1) is 7.15. The SMILES string of the molecule is [N-]=[N+]=NCCS(=O)c1ccc(F)c(F)c1. The molecule has 0 aliphatic rings. The highest BCUT2D eigenvalue weighted by atomic mass is 32.2. The molecule has 0 amide bonds. The molecule has 1 rings (SSSR count). The lowest BCUT2D eigenvalue weighted by molar-refractivity contribution is 0.505. The van der Waals surface area contributed by atoms with Gasteiger partial charge in [-0.05, 0) is 23.7 Å². The molecule has 0 radical (unpaired) electrons. The minimum atomic E-state index is -1.47. The quantitative estimate of drug-likeness (QED) is 0.445. The van der Waals surface area contributed by atoms with Gasteiger partial charge in [0.1, 0.15) is 0 Å². The maximum atomic E-state index is 12.7. The Balaban J connectivity index is 2.74. The number of rotatable bonds is 4. The number of halogens is 2. The maximum Gasteiger partial charge on any atom is 0.160 e. The van der Waals surface area contributed by atoms with E-state index in [2.05, 4.69) is 10.0 Å². The molecule has 0 aromatic heterocycles. The van der Waals surface area contributed by atoms with Crippen LogP contribution in [0.1, 0.15) is 0 Å². The molecule has 1 aromatic rings. The van der Waals surface area contributed by atoms with Crippen molar-refractivity contribution in [3.05, 3.63) is 40.3 Å². The van der Waals surface area contributed by atoms with Gasteiger partial charge in [-0.3, -0.25) is 4.21 Å². The van der Waals surface area contributed by atoms with Gasteiger partial charge in [-0.25, -0.2) is 8.78 Å². The van der Waals surface area contributed by atoms with Crippen LogP contribution in [0.5, 0.6) is 0 Å². The summed E-state index contributed by atoms with van der Waals surface area (Å²) >= 11 is 0. The summed E-state index contributed by atoms with van der Waals surface area (Å²) < 4.78 is 36.7. The Morgan fingerprint density at radius 3 is 2.73 bits per heavy atom. The van der Waals surface area contributed by atoms with E-state index in [0.717, 1.165) is 12.1 Å². The minimum absolute atomic E-state index is 0.0576. The third kappa shape index (κ3) is 3.30. The molecular formula is C8H7F2N3OS. The molecule has 4 nitrogen and oxygen atoms in total. The summed E-state index contributed by atoms with van der Waals surface area (Å²) in [7, 11) is -1.47. The van der Waals surface area contributed by atoms with Gasteiger partial charge < -0.3 is 0 Å². The number of hydrogen-bond acceptors (Lipinski definition) is 2. The van der Waals surface area contributed by atoms with E-state index in [1.807, 2.05) is 0 Å². The monoisotopic (exact) mass is 231 g/mol. The molecule has 0 saturated heterocycles. The van der Waals surface area contributed by atoms with Gasteiger partial charge in [0.25, 0.3) is 0 Å². The average molecular weight is 231 g/mol. The third-order valence-electron chi connectivity index (χ3n) is 1.59. The maximum absolute atomic E-state index is 12.7. The Labute approximate surface area is 87.0 Å². The Morgan fingerprint density at radius 1 is 1.40 bits per heavy atom. The summed E-state index contributed by atoms with van der Waals surface area (Å²) in [5, 5.41) is 3.20. The zero-order valence-electron chi connectivity index (χ0n) is 7.56. The Bertz CT molecular complexity index is 432. The molecule has 0 aliphatic heterocycles. The van der Waals surface area contributed by atoms with Gasteiger partial charge in [0, 0.05) is 22.1 Å². The molecule has 1 unspecified atom stereocenters. The molecule has 80 valence electrons. The van der Waals surface area contributed by atoms with Gasteiger partial charge >= 0.3 is 0 Å². The fourth-order valence-electron chi connectivity index (χ4n) is 0.905. The Morgan fingerprint density at radius 2 is 2.13 bits per heavy atom. The van der Waals surface area contributed by atoms with Crippen LogP contribution in [0.15, 0.2) is 28.2 Å². The molecule has 0 bridgehead atoms. The van der Waals surface area contributed by atoms with E-state index in [0.29, 0.717) is 0 Å². The van der Waals surface area contributed by atoms with Crippen LogP contribution in [0.25, 0.3) is 10.4 Å². The van der Waals surface area contributed by atoms with Crippen molar-refractivity contribution in [3.63, 3.8) is 0 Å². The van der Waals surface area contributed by atoms with Crippen molar-refractivity contribution in [2.24, 2.45) is 5.11 Å². The molecule has 0 aliphatic carbocycles. The fraction of sp³-hybridized carbons (Fsp3) is 0.250. The normalized spacial score (nSPS) is 11.9. The van der Waals surface area contributed by atoms with Gasteiger partial charge in [0.05, 0.1) is 10.8 Å². The first-order valence-electron chi connectivity index (χ1n) is 3.99. The van der Waals surface area contributed by atoms with Crippen LogP contribution in [-0.2, 0) is 10.8 Å². The summed E-state index contributed by atoms with van der Waals surface area (Å²) in [4.78, 5) is 2.67. The highest BCUT2D eigenvalue weighted by Gasteiger charge is 2.07. The smallest absolute Gasteiger partial charge is 0.160 e. The molecule has 0 N–H and O–H groups in total. The number of azide groups is 1. The van der Waals surface area contributed by atoms with Gasteiger partial charge in [-0.2, -0.15) is 0 Å². The number of hydrogen-bond donors (Lipinski definition) is 0. The first kappa shape index (κ1) is 11.6. The predicted octanol–water partition coefficient (Wildman–Crippen LogP) is 2.38. The van der Waals surface area contributed by atoms with E-state index in [9.17, 15) is 13.0 Å². The molecular weight excluding hydrogens is 224 g/mol. The molecule has 15 heavy (non-hydrogen) atoms. The first-order valence-corrected chi connectivity index (χ1v) is 5.31. The molecule has 0 fully saturated rings. The second kappa shape index (κ2) is 5.43. The summed E-state index contributed by atoms with van der Waals surface area (Å²) in [6.45, 7) is 0.0576. The van der Waals surface area contributed by atoms with Crippen molar-refractivity contribution in [1.29, 1.82) is 0 Å². The zero-order chi connectivity index (χ0) is 11.3. The van der Waals surface area contributed by atoms with E-state index in [1.54, 1.807) is 0 Å². The van der Waals surface area contributed by atoms with E-state index in [4.69, 9.17) is 5.53 Å². The summed E-state index contributed by atoms with van der Waals surface area (Å²) in [6, 6.07) is 3.03. The highest BCUT2D eigenvalue weighted by Crippen LogP contribution is 2.12. The van der Waals surface area contributed by atoms with Crippen LogP contribution in [0, 0.1) is 11.6 Å². The van der Waals surface area contributed by atoms with Crippen LogP contribution >= 0.6 is 0 Å². The highest BCUT2D eigenvalue weighted by molar-refractivity contribution is 7.85.